The standard InChI is InChI=1S/C26H18N2O4/c1-29-15-7-11-21-23(13-15)31-25(27-21)19-9-10-20(18-6-4-3-5-17(18)19)26-28-22-12-8-16(30-2)14-24(22)32-26/h3-14H,1-2H3. The summed E-state index contributed by atoms with van der Waals surface area (Å²) >= 11 is 0. The molecule has 156 valence electrons. The summed E-state index contributed by atoms with van der Waals surface area (Å²) in [6.07, 6.45) is 0. The summed E-state index contributed by atoms with van der Waals surface area (Å²) in [5.74, 6) is 2.57. The van der Waals surface area contributed by atoms with E-state index in [-0.39, 0.29) is 0 Å². The van der Waals surface area contributed by atoms with Crippen LogP contribution in [0.4, 0.5) is 0 Å². The number of hydrogen-bond acceptors (Lipinski definition) is 6. The van der Waals surface area contributed by atoms with E-state index in [1.54, 1.807) is 14.2 Å². The molecule has 6 aromatic rings. The highest BCUT2D eigenvalue weighted by molar-refractivity contribution is 6.03. The number of hydrogen-bond donors (Lipinski definition) is 0. The molecule has 4 aromatic carbocycles. The maximum absolute atomic E-state index is 6.08. The summed E-state index contributed by atoms with van der Waals surface area (Å²) in [6, 6.07) is 23.3. The largest absolute Gasteiger partial charge is 0.497 e. The normalized spacial score (nSPS) is 11.4. The SMILES string of the molecule is COc1ccc2nc(-c3ccc(-c4nc5ccc(OC)cc5o4)c4ccccc34)oc2c1. The molecule has 0 aliphatic rings. The second-order valence-electron chi connectivity index (χ2n) is 7.41. The van der Waals surface area contributed by atoms with Crippen LogP contribution < -0.4 is 9.47 Å². The summed E-state index contributed by atoms with van der Waals surface area (Å²) in [4.78, 5) is 9.38. The number of ether oxygens (including phenoxy) is 2. The van der Waals surface area contributed by atoms with Gasteiger partial charge in [0.2, 0.25) is 11.8 Å². The average molecular weight is 422 g/mol. The first-order chi connectivity index (χ1) is 15.7. The van der Waals surface area contributed by atoms with Gasteiger partial charge in [-0.1, -0.05) is 24.3 Å². The van der Waals surface area contributed by atoms with Crippen LogP contribution in [-0.2, 0) is 0 Å². The number of nitrogens with zero attached hydrogens (tertiary/aromatic N) is 2. The van der Waals surface area contributed by atoms with Crippen molar-refractivity contribution in [1.29, 1.82) is 0 Å². The molecule has 0 N–H and O–H groups in total. The van der Waals surface area contributed by atoms with Crippen molar-refractivity contribution in [3.05, 3.63) is 72.8 Å². The predicted octanol–water partition coefficient (Wildman–Crippen LogP) is 6.47. The summed E-state index contributed by atoms with van der Waals surface area (Å²) in [5.41, 5.74) is 4.72. The third kappa shape index (κ3) is 2.88. The predicted molar refractivity (Wildman–Crippen MR) is 123 cm³/mol. The molecule has 0 saturated carbocycles. The fourth-order valence-corrected chi connectivity index (χ4v) is 3.97. The van der Waals surface area contributed by atoms with Crippen molar-refractivity contribution < 1.29 is 18.3 Å². The van der Waals surface area contributed by atoms with Gasteiger partial charge in [0.05, 0.1) is 14.2 Å². The number of rotatable bonds is 4. The smallest absolute Gasteiger partial charge is 0.227 e. The molecule has 6 heteroatoms. The Bertz CT molecular complexity index is 1490. The molecule has 32 heavy (non-hydrogen) atoms. The summed E-state index contributed by atoms with van der Waals surface area (Å²) in [6.45, 7) is 0. The molecule has 0 amide bonds. The van der Waals surface area contributed by atoms with E-state index in [1.165, 1.54) is 0 Å². The van der Waals surface area contributed by atoms with Gasteiger partial charge in [-0.2, -0.15) is 0 Å². The fraction of sp³-hybridized carbons (Fsp3) is 0.0769. The number of benzene rings is 4. The van der Waals surface area contributed by atoms with Crippen LogP contribution in [0.1, 0.15) is 0 Å². The summed E-state index contributed by atoms with van der Waals surface area (Å²) in [7, 11) is 3.26. The molecule has 0 unspecified atom stereocenters. The Morgan fingerprint density at radius 1 is 0.594 bits per heavy atom. The molecular weight excluding hydrogens is 404 g/mol. The fourth-order valence-electron chi connectivity index (χ4n) is 3.97. The molecule has 6 nitrogen and oxygen atoms in total. The molecule has 0 bridgehead atoms. The highest BCUT2D eigenvalue weighted by Crippen LogP contribution is 2.37. The highest BCUT2D eigenvalue weighted by Gasteiger charge is 2.17. The zero-order valence-corrected chi connectivity index (χ0v) is 17.5. The Kier molecular flexibility index (Phi) is 4.11. The van der Waals surface area contributed by atoms with Gasteiger partial charge in [-0.25, -0.2) is 9.97 Å². The third-order valence-corrected chi connectivity index (χ3v) is 5.58. The Morgan fingerprint density at radius 2 is 1.06 bits per heavy atom. The van der Waals surface area contributed by atoms with Crippen molar-refractivity contribution in [2.45, 2.75) is 0 Å². The molecule has 0 aliphatic heterocycles. The minimum Gasteiger partial charge on any atom is -0.497 e. The summed E-state index contributed by atoms with van der Waals surface area (Å²) < 4.78 is 22.8. The van der Waals surface area contributed by atoms with Crippen molar-refractivity contribution in [2.75, 3.05) is 14.2 Å². The maximum Gasteiger partial charge on any atom is 0.227 e. The van der Waals surface area contributed by atoms with Crippen LogP contribution in [0.2, 0.25) is 0 Å². The van der Waals surface area contributed by atoms with Gasteiger partial charge in [-0.15, -0.1) is 0 Å². The molecule has 2 aromatic heterocycles. The van der Waals surface area contributed by atoms with Gasteiger partial charge in [0.1, 0.15) is 22.5 Å². The first kappa shape index (κ1) is 18.4. The van der Waals surface area contributed by atoms with E-state index >= 15 is 0 Å². The van der Waals surface area contributed by atoms with E-state index in [4.69, 9.17) is 18.3 Å². The number of oxazole rings is 2. The molecule has 0 radical (unpaired) electrons. The van der Waals surface area contributed by atoms with Crippen LogP contribution in [0, 0.1) is 0 Å². The number of methoxy groups -OCH3 is 2. The monoisotopic (exact) mass is 422 g/mol. The molecule has 0 atom stereocenters. The molecule has 0 fully saturated rings. The van der Waals surface area contributed by atoms with Gasteiger partial charge in [0.15, 0.2) is 11.2 Å². The highest BCUT2D eigenvalue weighted by atomic mass is 16.5. The van der Waals surface area contributed by atoms with Crippen molar-refractivity contribution in [1.82, 2.24) is 9.97 Å². The second-order valence-corrected chi connectivity index (χ2v) is 7.41. The number of aromatic nitrogens is 2. The lowest BCUT2D eigenvalue weighted by molar-refractivity contribution is 0.414. The first-order valence-corrected chi connectivity index (χ1v) is 10.1. The minimum atomic E-state index is 0.554. The van der Waals surface area contributed by atoms with Crippen molar-refractivity contribution in [2.24, 2.45) is 0 Å². The zero-order valence-electron chi connectivity index (χ0n) is 17.5. The van der Waals surface area contributed by atoms with Crippen LogP contribution in [0.25, 0.3) is 55.9 Å². The van der Waals surface area contributed by atoms with Gasteiger partial charge in [-0.05, 0) is 47.2 Å². The van der Waals surface area contributed by atoms with Crippen LogP contribution in [0.5, 0.6) is 11.5 Å². The first-order valence-electron chi connectivity index (χ1n) is 10.1. The van der Waals surface area contributed by atoms with Crippen molar-refractivity contribution >= 4 is 33.0 Å². The van der Waals surface area contributed by atoms with E-state index in [9.17, 15) is 0 Å². The van der Waals surface area contributed by atoms with Crippen LogP contribution >= 0.6 is 0 Å². The zero-order chi connectivity index (χ0) is 21.7. The van der Waals surface area contributed by atoms with Gasteiger partial charge in [-0.3, -0.25) is 0 Å². The van der Waals surface area contributed by atoms with Crippen LogP contribution in [0.3, 0.4) is 0 Å². The van der Waals surface area contributed by atoms with E-state index < -0.39 is 0 Å². The van der Waals surface area contributed by atoms with Crippen molar-refractivity contribution in [3.8, 4) is 34.4 Å². The summed E-state index contributed by atoms with van der Waals surface area (Å²) in [5, 5.41) is 2.01. The Hall–Kier alpha value is -4.32. The molecular formula is C26H18N2O4. The molecule has 0 saturated heterocycles. The van der Waals surface area contributed by atoms with Gasteiger partial charge >= 0.3 is 0 Å². The van der Waals surface area contributed by atoms with Gasteiger partial charge in [0, 0.05) is 23.3 Å². The topological polar surface area (TPSA) is 70.5 Å². The van der Waals surface area contributed by atoms with Gasteiger partial charge in [0.25, 0.3) is 0 Å². The lowest BCUT2D eigenvalue weighted by Gasteiger charge is -2.07. The maximum atomic E-state index is 6.08. The minimum absolute atomic E-state index is 0.554. The molecule has 0 aliphatic carbocycles. The molecule has 0 spiro atoms. The Balaban J connectivity index is 1.52. The number of fused-ring (bicyclic) bond motifs is 3. The molecule has 2 heterocycles. The van der Waals surface area contributed by atoms with Gasteiger partial charge < -0.3 is 18.3 Å². The van der Waals surface area contributed by atoms with E-state index in [0.29, 0.717) is 22.9 Å². The molecule has 6 rings (SSSR count). The van der Waals surface area contributed by atoms with Crippen molar-refractivity contribution in [3.63, 3.8) is 0 Å². The van der Waals surface area contributed by atoms with E-state index in [2.05, 4.69) is 22.1 Å². The average Bonchev–Trinajstić information content (AvgIpc) is 3.46. The Labute approximate surface area is 183 Å². The van der Waals surface area contributed by atoms with E-state index in [1.807, 2.05) is 60.7 Å². The van der Waals surface area contributed by atoms with E-state index in [0.717, 1.165) is 44.4 Å². The lowest BCUT2D eigenvalue weighted by Crippen LogP contribution is -1.86. The third-order valence-electron chi connectivity index (χ3n) is 5.58. The second kappa shape index (κ2) is 7.13. The van der Waals surface area contributed by atoms with Crippen LogP contribution in [0.15, 0.2) is 81.6 Å². The Morgan fingerprint density at radius 3 is 1.50 bits per heavy atom. The van der Waals surface area contributed by atoms with Crippen LogP contribution in [-0.4, -0.2) is 24.2 Å². The lowest BCUT2D eigenvalue weighted by atomic mass is 9.99. The quantitative estimate of drug-likeness (QED) is 0.324.